The first-order valence-corrected chi connectivity index (χ1v) is 8.66. The Morgan fingerprint density at radius 2 is 2.26 bits per heavy atom. The highest BCUT2D eigenvalue weighted by molar-refractivity contribution is 7.89. The lowest BCUT2D eigenvalue weighted by molar-refractivity contribution is 0.0655. The van der Waals surface area contributed by atoms with Crippen LogP contribution in [0.1, 0.15) is 17.3 Å². The van der Waals surface area contributed by atoms with E-state index in [1.54, 1.807) is 17.0 Å². The number of benzene rings is 1. The molecule has 1 aromatic rings. The van der Waals surface area contributed by atoms with Crippen LogP contribution in [0.25, 0.3) is 0 Å². The Labute approximate surface area is 143 Å². The van der Waals surface area contributed by atoms with Crippen molar-refractivity contribution in [3.8, 4) is 0 Å². The number of carbonyl (C=O) groups excluding carboxylic acids is 1. The van der Waals surface area contributed by atoms with Gasteiger partial charge in [-0.05, 0) is 25.1 Å². The number of amides is 1. The molecule has 1 aliphatic heterocycles. The van der Waals surface area contributed by atoms with Crippen LogP contribution in [0.5, 0.6) is 0 Å². The van der Waals surface area contributed by atoms with Crippen LogP contribution in [0.3, 0.4) is 0 Å². The lowest BCUT2D eigenvalue weighted by atomic mass is 10.1. The third kappa shape index (κ3) is 4.78. The maximum atomic E-state index is 12.6. The monoisotopic (exact) mass is 359 g/mol. The van der Waals surface area contributed by atoms with Gasteiger partial charge in [0.15, 0.2) is 0 Å². The quantitative estimate of drug-likeness (QED) is 0.769. The number of nitrogens with one attached hydrogen (secondary N) is 2. The van der Waals surface area contributed by atoms with Crippen LogP contribution < -0.4 is 10.0 Å². The third-order valence-corrected chi connectivity index (χ3v) is 4.99. The van der Waals surface area contributed by atoms with Crippen molar-refractivity contribution in [1.29, 1.82) is 0 Å². The van der Waals surface area contributed by atoms with Crippen LogP contribution in [0, 0.1) is 0 Å². The number of rotatable bonds is 5. The summed E-state index contributed by atoms with van der Waals surface area (Å²) >= 11 is 0. The first kappa shape index (κ1) is 19.6. The molecule has 23 heavy (non-hydrogen) atoms. The topological polar surface area (TPSA) is 78.5 Å². The maximum Gasteiger partial charge on any atom is 0.254 e. The highest BCUT2D eigenvalue weighted by Gasteiger charge is 2.25. The van der Waals surface area contributed by atoms with Crippen LogP contribution in [-0.2, 0) is 10.0 Å². The van der Waals surface area contributed by atoms with Gasteiger partial charge < -0.3 is 10.2 Å². The van der Waals surface area contributed by atoms with Gasteiger partial charge in [-0.1, -0.05) is 12.1 Å². The number of hydrogen-bond donors (Lipinski definition) is 2. The molecule has 0 aliphatic carbocycles. The Morgan fingerprint density at radius 1 is 1.52 bits per heavy atom. The van der Waals surface area contributed by atoms with Crippen molar-refractivity contribution >= 4 is 28.3 Å². The molecular weight excluding hydrogens is 338 g/mol. The minimum atomic E-state index is -3.63. The molecule has 1 heterocycles. The molecule has 128 valence electrons. The van der Waals surface area contributed by atoms with Gasteiger partial charge >= 0.3 is 0 Å². The first-order chi connectivity index (χ1) is 10.5. The zero-order valence-corrected chi connectivity index (χ0v) is 14.6. The molecule has 1 fully saturated rings. The Hall–Kier alpha value is -1.41. The first-order valence-electron chi connectivity index (χ1n) is 7.18. The molecule has 6 nitrogen and oxygen atoms in total. The predicted molar refractivity (Wildman–Crippen MR) is 92.4 cm³/mol. The van der Waals surface area contributed by atoms with Gasteiger partial charge in [0.25, 0.3) is 5.91 Å². The Balaban J connectivity index is 0.00000264. The highest BCUT2D eigenvalue weighted by Crippen LogP contribution is 2.15. The average molecular weight is 360 g/mol. The predicted octanol–water partition coefficient (Wildman–Crippen LogP) is 1.01. The Bertz CT molecular complexity index is 664. The fraction of sp³-hybridized carbons (Fsp3) is 0.400. The van der Waals surface area contributed by atoms with Gasteiger partial charge in [-0.15, -0.1) is 19.0 Å². The van der Waals surface area contributed by atoms with E-state index in [2.05, 4.69) is 16.6 Å². The SMILES string of the molecule is C=CCNS(=O)(=O)c1cccc(C(=O)N2CCNC[C@@H]2C)c1.Cl. The summed E-state index contributed by atoms with van der Waals surface area (Å²) in [5.41, 5.74) is 0.384. The second-order valence-corrected chi connectivity index (χ2v) is 6.99. The van der Waals surface area contributed by atoms with Crippen molar-refractivity contribution in [2.45, 2.75) is 17.9 Å². The van der Waals surface area contributed by atoms with Crippen molar-refractivity contribution in [2.24, 2.45) is 0 Å². The summed E-state index contributed by atoms with van der Waals surface area (Å²) in [6.45, 7) is 7.70. The summed E-state index contributed by atoms with van der Waals surface area (Å²) in [5, 5.41) is 3.22. The number of hydrogen-bond acceptors (Lipinski definition) is 4. The van der Waals surface area contributed by atoms with Crippen molar-refractivity contribution in [2.75, 3.05) is 26.2 Å². The minimum absolute atomic E-state index is 0. The van der Waals surface area contributed by atoms with Gasteiger partial charge in [-0.25, -0.2) is 13.1 Å². The molecule has 0 aromatic heterocycles. The van der Waals surface area contributed by atoms with E-state index in [0.29, 0.717) is 12.1 Å². The molecule has 0 radical (unpaired) electrons. The van der Waals surface area contributed by atoms with Gasteiger partial charge in [0.2, 0.25) is 10.0 Å². The normalized spacial score (nSPS) is 18.1. The van der Waals surface area contributed by atoms with Crippen molar-refractivity contribution < 1.29 is 13.2 Å². The van der Waals surface area contributed by atoms with Crippen LogP contribution in [0.2, 0.25) is 0 Å². The summed E-state index contributed by atoms with van der Waals surface area (Å²) < 4.78 is 26.6. The number of nitrogens with zero attached hydrogens (tertiary/aromatic N) is 1. The molecule has 8 heteroatoms. The average Bonchev–Trinajstić information content (AvgIpc) is 2.53. The van der Waals surface area contributed by atoms with Crippen LogP contribution >= 0.6 is 12.4 Å². The summed E-state index contributed by atoms with van der Waals surface area (Å²) in [7, 11) is -3.63. The van der Waals surface area contributed by atoms with Crippen molar-refractivity contribution in [1.82, 2.24) is 14.9 Å². The summed E-state index contributed by atoms with van der Waals surface area (Å²) in [5.74, 6) is -0.144. The molecule has 1 saturated heterocycles. The zero-order valence-electron chi connectivity index (χ0n) is 13.0. The van der Waals surface area contributed by atoms with E-state index in [-0.39, 0.29) is 35.8 Å². The van der Waals surface area contributed by atoms with E-state index >= 15 is 0 Å². The van der Waals surface area contributed by atoms with Gasteiger partial charge in [0.1, 0.15) is 0 Å². The Kier molecular flexibility index (Phi) is 7.21. The molecule has 2 rings (SSSR count). The lowest BCUT2D eigenvalue weighted by Crippen LogP contribution is -2.52. The fourth-order valence-corrected chi connectivity index (χ4v) is 3.40. The molecule has 0 unspecified atom stereocenters. The summed E-state index contributed by atoms with van der Waals surface area (Å²) in [4.78, 5) is 14.4. The van der Waals surface area contributed by atoms with Gasteiger partial charge in [-0.2, -0.15) is 0 Å². The molecule has 1 atom stereocenters. The molecule has 1 aliphatic rings. The van der Waals surface area contributed by atoms with E-state index in [9.17, 15) is 13.2 Å². The Morgan fingerprint density at radius 3 is 2.91 bits per heavy atom. The number of halogens is 1. The van der Waals surface area contributed by atoms with Gasteiger partial charge in [-0.3, -0.25) is 4.79 Å². The molecule has 1 aromatic carbocycles. The summed E-state index contributed by atoms with van der Waals surface area (Å²) in [6, 6.07) is 6.21. The minimum Gasteiger partial charge on any atom is -0.333 e. The number of sulfonamides is 1. The summed E-state index contributed by atoms with van der Waals surface area (Å²) in [6.07, 6.45) is 1.47. The third-order valence-electron chi connectivity index (χ3n) is 3.57. The van der Waals surface area contributed by atoms with E-state index in [4.69, 9.17) is 0 Å². The van der Waals surface area contributed by atoms with Gasteiger partial charge in [0, 0.05) is 37.8 Å². The fourth-order valence-electron chi connectivity index (χ4n) is 2.36. The number of piperazine rings is 1. The molecular formula is C15H22ClN3O3S. The molecule has 1 amide bonds. The standard InChI is InChI=1S/C15H21N3O3S.ClH/c1-3-7-17-22(20,21)14-6-4-5-13(10-14)15(19)18-9-8-16-11-12(18)2;/h3-6,10,12,16-17H,1,7-9,11H2,2H3;1H/t12-;/m0./s1. The number of carbonyl (C=O) groups is 1. The van der Waals surface area contributed by atoms with Crippen molar-refractivity contribution in [3.05, 3.63) is 42.5 Å². The largest absolute Gasteiger partial charge is 0.333 e. The highest BCUT2D eigenvalue weighted by atomic mass is 35.5. The van der Waals surface area contributed by atoms with Crippen LogP contribution in [0.15, 0.2) is 41.8 Å². The van der Waals surface area contributed by atoms with E-state index < -0.39 is 10.0 Å². The van der Waals surface area contributed by atoms with E-state index in [0.717, 1.165) is 13.1 Å². The molecule has 2 N–H and O–H groups in total. The van der Waals surface area contributed by atoms with E-state index in [1.807, 2.05) is 6.92 Å². The van der Waals surface area contributed by atoms with Crippen LogP contribution in [-0.4, -0.2) is 51.4 Å². The molecule has 0 saturated carbocycles. The van der Waals surface area contributed by atoms with Crippen LogP contribution in [0.4, 0.5) is 0 Å². The maximum absolute atomic E-state index is 12.6. The second kappa shape index (κ2) is 8.44. The second-order valence-electron chi connectivity index (χ2n) is 5.22. The lowest BCUT2D eigenvalue weighted by Gasteiger charge is -2.34. The van der Waals surface area contributed by atoms with Gasteiger partial charge in [0.05, 0.1) is 4.90 Å². The van der Waals surface area contributed by atoms with Crippen molar-refractivity contribution in [3.63, 3.8) is 0 Å². The molecule has 0 bridgehead atoms. The molecule has 0 spiro atoms. The van der Waals surface area contributed by atoms with E-state index in [1.165, 1.54) is 18.2 Å². The zero-order chi connectivity index (χ0) is 16.2. The smallest absolute Gasteiger partial charge is 0.254 e.